The molecule has 1 aromatic carbocycles. The molecule has 0 unspecified atom stereocenters. The third-order valence-corrected chi connectivity index (χ3v) is 3.34. The Bertz CT molecular complexity index is 587. The van der Waals surface area contributed by atoms with E-state index in [4.69, 9.17) is 5.73 Å². The van der Waals surface area contributed by atoms with Crippen LogP contribution in [0.15, 0.2) is 18.2 Å². The van der Waals surface area contributed by atoms with Crippen LogP contribution in [0, 0.1) is 13.8 Å². The lowest BCUT2D eigenvalue weighted by atomic mass is 10.1. The van der Waals surface area contributed by atoms with Crippen molar-refractivity contribution in [1.29, 1.82) is 0 Å². The van der Waals surface area contributed by atoms with E-state index in [1.54, 1.807) is 7.05 Å². The van der Waals surface area contributed by atoms with E-state index in [2.05, 4.69) is 10.6 Å². The number of primary amides is 1. The molecule has 0 fully saturated rings. The van der Waals surface area contributed by atoms with Gasteiger partial charge < -0.3 is 21.3 Å². The summed E-state index contributed by atoms with van der Waals surface area (Å²) in [6.45, 7) is 4.18. The van der Waals surface area contributed by atoms with Crippen LogP contribution in [0.4, 0.5) is 10.5 Å². The van der Waals surface area contributed by atoms with Crippen molar-refractivity contribution >= 4 is 23.5 Å². The molecule has 0 aliphatic heterocycles. The molecule has 0 aliphatic rings. The Kier molecular flexibility index (Phi) is 7.05. The molecule has 0 aromatic heterocycles. The zero-order valence-corrected chi connectivity index (χ0v) is 13.8. The molecule has 4 N–H and O–H groups in total. The van der Waals surface area contributed by atoms with E-state index in [1.165, 1.54) is 4.90 Å². The smallest absolute Gasteiger partial charge is 0.312 e. The topological polar surface area (TPSA) is 105 Å². The molecule has 126 valence electrons. The Morgan fingerprint density at radius 3 is 2.57 bits per heavy atom. The molecule has 1 rings (SSSR count). The van der Waals surface area contributed by atoms with Gasteiger partial charge in [-0.2, -0.15) is 0 Å². The summed E-state index contributed by atoms with van der Waals surface area (Å²) in [6.07, 6.45) is 0.720. The molecule has 0 aliphatic carbocycles. The number of nitrogens with one attached hydrogen (secondary N) is 2. The number of benzene rings is 1. The van der Waals surface area contributed by atoms with Gasteiger partial charge in [0, 0.05) is 25.7 Å². The van der Waals surface area contributed by atoms with E-state index < -0.39 is 6.03 Å². The molecule has 7 nitrogen and oxygen atoms in total. The summed E-state index contributed by atoms with van der Waals surface area (Å²) in [5, 5.41) is 5.23. The van der Waals surface area contributed by atoms with Gasteiger partial charge in [0.2, 0.25) is 11.8 Å². The molecule has 0 atom stereocenters. The van der Waals surface area contributed by atoms with Crippen LogP contribution >= 0.6 is 0 Å². The van der Waals surface area contributed by atoms with Crippen LogP contribution in [0.2, 0.25) is 0 Å². The van der Waals surface area contributed by atoms with Crippen LogP contribution in [0.3, 0.4) is 0 Å². The summed E-state index contributed by atoms with van der Waals surface area (Å²) in [7, 11) is 1.58. The van der Waals surface area contributed by atoms with Gasteiger partial charge in [-0.3, -0.25) is 9.59 Å². The highest BCUT2D eigenvalue weighted by atomic mass is 16.2. The van der Waals surface area contributed by atoms with Crippen molar-refractivity contribution in [3.8, 4) is 0 Å². The molecule has 0 saturated carbocycles. The molecule has 23 heavy (non-hydrogen) atoms. The Morgan fingerprint density at radius 2 is 1.91 bits per heavy atom. The van der Waals surface area contributed by atoms with Gasteiger partial charge in [-0.05, 0) is 37.5 Å². The summed E-state index contributed by atoms with van der Waals surface area (Å²) >= 11 is 0. The number of anilines is 1. The van der Waals surface area contributed by atoms with Crippen LogP contribution in [0.5, 0.6) is 0 Å². The molecule has 0 heterocycles. The zero-order valence-electron chi connectivity index (χ0n) is 13.8. The number of likely N-dealkylation sites (N-methyl/N-ethyl adjacent to an activating group) is 1. The summed E-state index contributed by atoms with van der Waals surface area (Å²) in [4.78, 5) is 35.8. The number of hydrogen-bond acceptors (Lipinski definition) is 3. The first-order valence-electron chi connectivity index (χ1n) is 7.44. The van der Waals surface area contributed by atoms with Gasteiger partial charge in [0.05, 0.1) is 6.54 Å². The van der Waals surface area contributed by atoms with Crippen molar-refractivity contribution in [3.05, 3.63) is 29.3 Å². The Labute approximate surface area is 136 Å². The quantitative estimate of drug-likeness (QED) is 0.656. The fraction of sp³-hybridized carbons (Fsp3) is 0.438. The van der Waals surface area contributed by atoms with Gasteiger partial charge in [-0.1, -0.05) is 12.1 Å². The lowest BCUT2D eigenvalue weighted by Crippen LogP contribution is -2.36. The summed E-state index contributed by atoms with van der Waals surface area (Å²) in [6, 6.07) is 5.19. The van der Waals surface area contributed by atoms with E-state index in [1.807, 2.05) is 32.0 Å². The number of amides is 4. The van der Waals surface area contributed by atoms with Crippen molar-refractivity contribution in [2.75, 3.05) is 25.5 Å². The predicted octanol–water partition coefficient (Wildman–Crippen LogP) is 1.15. The fourth-order valence-electron chi connectivity index (χ4n) is 2.01. The van der Waals surface area contributed by atoms with Crippen LogP contribution in [0.1, 0.15) is 24.0 Å². The van der Waals surface area contributed by atoms with Gasteiger partial charge in [-0.25, -0.2) is 4.79 Å². The van der Waals surface area contributed by atoms with Gasteiger partial charge in [0.15, 0.2) is 0 Å². The molecule has 0 bridgehead atoms. The van der Waals surface area contributed by atoms with Crippen LogP contribution < -0.4 is 16.4 Å². The Morgan fingerprint density at radius 1 is 1.22 bits per heavy atom. The first kappa shape index (κ1) is 18.5. The maximum atomic E-state index is 12.0. The number of nitrogens with two attached hydrogens (primary N) is 1. The predicted molar refractivity (Wildman–Crippen MR) is 89.0 cm³/mol. The van der Waals surface area contributed by atoms with E-state index in [9.17, 15) is 14.4 Å². The zero-order chi connectivity index (χ0) is 17.4. The minimum Gasteiger partial charge on any atom is -0.352 e. The SMILES string of the molecule is Cc1ccc(C)c(NC(=O)CN(C)C(=O)CCCNC(N)=O)c1. The van der Waals surface area contributed by atoms with Gasteiger partial charge in [0.25, 0.3) is 0 Å². The Balaban J connectivity index is 2.42. The minimum absolute atomic E-state index is 0.0184. The highest BCUT2D eigenvalue weighted by Crippen LogP contribution is 2.16. The second-order valence-electron chi connectivity index (χ2n) is 5.51. The number of urea groups is 1. The van der Waals surface area contributed by atoms with Crippen molar-refractivity contribution in [2.24, 2.45) is 5.73 Å². The molecule has 0 radical (unpaired) electrons. The second kappa shape index (κ2) is 8.77. The molecule has 4 amide bonds. The van der Waals surface area contributed by atoms with Gasteiger partial charge in [0.1, 0.15) is 0 Å². The second-order valence-corrected chi connectivity index (χ2v) is 5.51. The largest absolute Gasteiger partial charge is 0.352 e. The van der Waals surface area contributed by atoms with E-state index in [0.29, 0.717) is 13.0 Å². The molecule has 0 spiro atoms. The molecular formula is C16H24N4O3. The highest BCUT2D eigenvalue weighted by molar-refractivity contribution is 5.95. The number of carbonyl (C=O) groups excluding carboxylic acids is 3. The number of rotatable bonds is 7. The fourth-order valence-corrected chi connectivity index (χ4v) is 2.01. The van der Waals surface area contributed by atoms with Gasteiger partial charge in [-0.15, -0.1) is 0 Å². The molecule has 0 saturated heterocycles. The summed E-state index contributed by atoms with van der Waals surface area (Å²) in [5.41, 5.74) is 7.71. The molecule has 1 aromatic rings. The maximum absolute atomic E-state index is 12.0. The monoisotopic (exact) mass is 320 g/mol. The standard InChI is InChI=1S/C16H24N4O3/c1-11-6-7-12(2)13(9-11)19-14(21)10-20(3)15(22)5-4-8-18-16(17)23/h6-7,9H,4-5,8,10H2,1-3H3,(H,19,21)(H3,17,18,23). The van der Waals surface area contributed by atoms with E-state index >= 15 is 0 Å². The molecular weight excluding hydrogens is 296 g/mol. The van der Waals surface area contributed by atoms with Crippen LogP contribution in [-0.4, -0.2) is 42.9 Å². The number of hydrogen-bond donors (Lipinski definition) is 3. The third kappa shape index (κ3) is 6.82. The number of carbonyl (C=O) groups is 3. The maximum Gasteiger partial charge on any atom is 0.312 e. The van der Waals surface area contributed by atoms with E-state index in [0.717, 1.165) is 16.8 Å². The van der Waals surface area contributed by atoms with Crippen molar-refractivity contribution in [3.63, 3.8) is 0 Å². The average molecular weight is 320 g/mol. The lowest BCUT2D eigenvalue weighted by molar-refractivity contribution is -0.133. The highest BCUT2D eigenvalue weighted by Gasteiger charge is 2.13. The first-order valence-corrected chi connectivity index (χ1v) is 7.44. The average Bonchev–Trinajstić information content (AvgIpc) is 2.46. The molecule has 7 heteroatoms. The summed E-state index contributed by atoms with van der Waals surface area (Å²) in [5.74, 6) is -0.405. The third-order valence-electron chi connectivity index (χ3n) is 3.34. The number of aryl methyl sites for hydroxylation is 2. The van der Waals surface area contributed by atoms with Crippen molar-refractivity contribution < 1.29 is 14.4 Å². The minimum atomic E-state index is -0.612. The van der Waals surface area contributed by atoms with Gasteiger partial charge >= 0.3 is 6.03 Å². The van der Waals surface area contributed by atoms with E-state index in [-0.39, 0.29) is 24.8 Å². The Hall–Kier alpha value is -2.57. The first-order chi connectivity index (χ1) is 10.8. The normalized spacial score (nSPS) is 10.0. The van der Waals surface area contributed by atoms with Crippen molar-refractivity contribution in [1.82, 2.24) is 10.2 Å². The van der Waals surface area contributed by atoms with Crippen LogP contribution in [-0.2, 0) is 9.59 Å². The van der Waals surface area contributed by atoms with Crippen molar-refractivity contribution in [2.45, 2.75) is 26.7 Å². The van der Waals surface area contributed by atoms with Crippen LogP contribution in [0.25, 0.3) is 0 Å². The number of nitrogens with zero attached hydrogens (tertiary/aromatic N) is 1. The lowest BCUT2D eigenvalue weighted by Gasteiger charge is -2.17. The summed E-state index contributed by atoms with van der Waals surface area (Å²) < 4.78 is 0.